The SMILES string of the molecule is Oc1ccccc1C=NCCN=Cc1ccccc1O.[Tl]. The molecule has 0 spiro atoms. The number of para-hydroxylation sites is 2. The van der Waals surface area contributed by atoms with Crippen LogP contribution in [0.25, 0.3) is 0 Å². The predicted molar refractivity (Wildman–Crippen MR) is 86.9 cm³/mol. The van der Waals surface area contributed by atoms with Crippen LogP contribution in [0, 0.1) is 0 Å². The molecule has 0 saturated heterocycles. The second-order valence-corrected chi connectivity index (χ2v) is 4.19. The quantitative estimate of drug-likeness (QED) is 0.398. The Labute approximate surface area is 144 Å². The Balaban J connectivity index is 0.00000220. The van der Waals surface area contributed by atoms with E-state index < -0.39 is 0 Å². The monoisotopic (exact) mass is 473 g/mol. The van der Waals surface area contributed by atoms with Crippen LogP contribution in [0.1, 0.15) is 11.1 Å². The van der Waals surface area contributed by atoms with E-state index in [1.807, 2.05) is 12.1 Å². The van der Waals surface area contributed by atoms with Gasteiger partial charge in [-0.15, -0.1) is 0 Å². The fraction of sp³-hybridized carbons (Fsp3) is 0.125. The Morgan fingerprint density at radius 1 is 0.714 bits per heavy atom. The Bertz CT molecular complexity index is 572. The summed E-state index contributed by atoms with van der Waals surface area (Å²) in [5, 5.41) is 19.1. The summed E-state index contributed by atoms with van der Waals surface area (Å²) in [5.41, 5.74) is 1.38. The summed E-state index contributed by atoms with van der Waals surface area (Å²) in [6.45, 7) is 1.05. The molecule has 1 radical (unpaired) electrons. The van der Waals surface area contributed by atoms with Crippen molar-refractivity contribution in [3.05, 3.63) is 59.7 Å². The Morgan fingerprint density at radius 3 is 1.48 bits per heavy atom. The van der Waals surface area contributed by atoms with Gasteiger partial charge in [-0.25, -0.2) is 0 Å². The van der Waals surface area contributed by atoms with E-state index in [1.165, 1.54) is 0 Å². The number of aromatic hydroxyl groups is 2. The summed E-state index contributed by atoms with van der Waals surface area (Å²) in [6.07, 6.45) is 3.26. The second-order valence-electron chi connectivity index (χ2n) is 4.19. The van der Waals surface area contributed by atoms with Crippen molar-refractivity contribution in [1.29, 1.82) is 0 Å². The van der Waals surface area contributed by atoms with Gasteiger partial charge in [0.05, 0.1) is 13.1 Å². The predicted octanol–water partition coefficient (Wildman–Crippen LogP) is 2.26. The molecule has 4 nitrogen and oxygen atoms in total. The van der Waals surface area contributed by atoms with Crippen molar-refractivity contribution in [3.8, 4) is 11.5 Å². The number of hydrogen-bond acceptors (Lipinski definition) is 4. The second kappa shape index (κ2) is 9.28. The summed E-state index contributed by atoms with van der Waals surface area (Å²) >= 11 is 0. The summed E-state index contributed by atoms with van der Waals surface area (Å²) < 4.78 is 0. The van der Waals surface area contributed by atoms with Gasteiger partial charge in [-0.3, -0.25) is 9.98 Å². The zero-order valence-electron chi connectivity index (χ0n) is 11.6. The number of phenolic OH excluding ortho intramolecular Hbond substituents is 2. The topological polar surface area (TPSA) is 65.2 Å². The van der Waals surface area contributed by atoms with Gasteiger partial charge in [-0.1, -0.05) is 24.3 Å². The fourth-order valence-electron chi connectivity index (χ4n) is 1.63. The summed E-state index contributed by atoms with van der Waals surface area (Å²) in [4.78, 5) is 8.39. The smallest absolute Gasteiger partial charge is 0.124 e. The molecule has 0 unspecified atom stereocenters. The standard InChI is InChI=1S/C16H16N2O2.Tl/c19-15-7-3-1-5-13(15)11-17-9-10-18-12-14-6-2-4-8-16(14)20;/h1-8,11-12,19-20H,9-10H2;. The minimum Gasteiger partial charge on any atom is -0.507 e. The summed E-state index contributed by atoms with van der Waals surface area (Å²) in [6, 6.07) is 14.1. The molecule has 2 rings (SSSR count). The van der Waals surface area contributed by atoms with Crippen molar-refractivity contribution < 1.29 is 10.2 Å². The third kappa shape index (κ3) is 5.66. The molecule has 2 N–H and O–H groups in total. The van der Waals surface area contributed by atoms with Gasteiger partial charge in [-0.05, 0) is 24.3 Å². The van der Waals surface area contributed by atoms with Crippen LogP contribution in [0.4, 0.5) is 0 Å². The average Bonchev–Trinajstić information content (AvgIpc) is 2.46. The molecule has 21 heavy (non-hydrogen) atoms. The number of phenols is 2. The van der Waals surface area contributed by atoms with Gasteiger partial charge in [0.2, 0.25) is 0 Å². The van der Waals surface area contributed by atoms with E-state index in [0.29, 0.717) is 24.2 Å². The number of benzene rings is 2. The maximum absolute atomic E-state index is 9.54. The molecule has 0 heterocycles. The Kier molecular flexibility index (Phi) is 7.67. The first-order valence-electron chi connectivity index (χ1n) is 6.33. The Hall–Kier alpha value is -1.70. The molecule has 0 fully saturated rings. The molecule has 0 bridgehead atoms. The van der Waals surface area contributed by atoms with E-state index >= 15 is 0 Å². The first-order chi connectivity index (χ1) is 9.77. The first kappa shape index (κ1) is 17.4. The van der Waals surface area contributed by atoms with E-state index in [-0.39, 0.29) is 38.8 Å². The Morgan fingerprint density at radius 2 is 1.10 bits per heavy atom. The first-order valence-corrected chi connectivity index (χ1v) is 6.33. The van der Waals surface area contributed by atoms with E-state index in [2.05, 4.69) is 9.98 Å². The van der Waals surface area contributed by atoms with Crippen molar-refractivity contribution in [1.82, 2.24) is 0 Å². The van der Waals surface area contributed by atoms with Gasteiger partial charge in [0.25, 0.3) is 0 Å². The number of hydrogen-bond donors (Lipinski definition) is 2. The molecular formula is C16H16N2O2Tl. The number of nitrogens with zero attached hydrogens (tertiary/aromatic N) is 2. The van der Waals surface area contributed by atoms with Crippen LogP contribution in [-0.4, -0.2) is 63.0 Å². The molecule has 105 valence electrons. The minimum atomic E-state index is 0. The maximum atomic E-state index is 9.54. The molecule has 0 aliphatic heterocycles. The third-order valence-corrected chi connectivity index (χ3v) is 2.69. The zero-order chi connectivity index (χ0) is 14.2. The molecule has 2 aromatic carbocycles. The molecular weight excluding hydrogens is 457 g/mol. The average molecular weight is 473 g/mol. The fourth-order valence-corrected chi connectivity index (χ4v) is 1.63. The van der Waals surface area contributed by atoms with Crippen LogP contribution in [0.5, 0.6) is 11.5 Å². The van der Waals surface area contributed by atoms with E-state index in [1.54, 1.807) is 48.8 Å². The molecule has 0 aromatic heterocycles. The normalized spacial score (nSPS) is 10.9. The van der Waals surface area contributed by atoms with E-state index in [0.717, 1.165) is 0 Å². The van der Waals surface area contributed by atoms with E-state index in [9.17, 15) is 10.2 Å². The zero-order valence-corrected chi connectivity index (χ0v) is 16.0. The molecule has 0 saturated carbocycles. The largest absolute Gasteiger partial charge is 0.507 e. The van der Waals surface area contributed by atoms with E-state index in [4.69, 9.17) is 0 Å². The number of rotatable bonds is 5. The van der Waals surface area contributed by atoms with Crippen LogP contribution >= 0.6 is 0 Å². The van der Waals surface area contributed by atoms with Crippen molar-refractivity contribution in [2.75, 3.05) is 13.1 Å². The number of aliphatic imine (C=N–C) groups is 2. The van der Waals surface area contributed by atoms with Gasteiger partial charge in [0.1, 0.15) is 11.5 Å². The van der Waals surface area contributed by atoms with Gasteiger partial charge in [0, 0.05) is 50.9 Å². The minimum absolute atomic E-state index is 0. The van der Waals surface area contributed by atoms with Crippen LogP contribution in [0.15, 0.2) is 58.5 Å². The molecule has 0 atom stereocenters. The van der Waals surface area contributed by atoms with Crippen LogP contribution < -0.4 is 0 Å². The molecule has 0 aliphatic rings. The van der Waals surface area contributed by atoms with Crippen molar-refractivity contribution in [3.63, 3.8) is 0 Å². The summed E-state index contributed by atoms with van der Waals surface area (Å²) in [5.74, 6) is 0.433. The van der Waals surface area contributed by atoms with Crippen molar-refractivity contribution >= 4 is 39.7 Å². The van der Waals surface area contributed by atoms with Gasteiger partial charge in [-0.2, -0.15) is 0 Å². The van der Waals surface area contributed by atoms with Gasteiger partial charge in [0.15, 0.2) is 0 Å². The van der Waals surface area contributed by atoms with Crippen molar-refractivity contribution in [2.24, 2.45) is 9.98 Å². The molecule has 0 aliphatic carbocycles. The molecule has 5 heteroatoms. The molecule has 0 amide bonds. The summed E-state index contributed by atoms with van der Waals surface area (Å²) in [7, 11) is 0. The van der Waals surface area contributed by atoms with Crippen LogP contribution in [-0.2, 0) is 0 Å². The van der Waals surface area contributed by atoms with Crippen LogP contribution in [0.3, 0.4) is 0 Å². The van der Waals surface area contributed by atoms with Gasteiger partial charge >= 0.3 is 0 Å². The molecule has 2 aromatic rings. The van der Waals surface area contributed by atoms with Gasteiger partial charge < -0.3 is 10.2 Å². The van der Waals surface area contributed by atoms with Crippen molar-refractivity contribution in [2.45, 2.75) is 0 Å². The maximum Gasteiger partial charge on any atom is 0.124 e. The van der Waals surface area contributed by atoms with Crippen LogP contribution in [0.2, 0.25) is 0 Å². The third-order valence-electron chi connectivity index (χ3n) is 2.69.